The molecule has 0 unspecified atom stereocenters. The first-order valence-corrected chi connectivity index (χ1v) is 6.24. The summed E-state index contributed by atoms with van der Waals surface area (Å²) in [6.45, 7) is 1.08. The Morgan fingerprint density at radius 3 is 2.76 bits per heavy atom. The Kier molecular flexibility index (Phi) is 2.45. The SMILES string of the molecule is O=C=NC1(c2c(Br)ccc3c2OCCO3)CC1. The van der Waals surface area contributed by atoms with Gasteiger partial charge in [0, 0.05) is 10.0 Å². The van der Waals surface area contributed by atoms with E-state index in [1.165, 1.54) is 0 Å². The molecule has 0 radical (unpaired) electrons. The predicted octanol–water partition coefficient (Wildman–Crippen LogP) is 2.55. The van der Waals surface area contributed by atoms with E-state index >= 15 is 0 Å². The van der Waals surface area contributed by atoms with Crippen molar-refractivity contribution < 1.29 is 14.3 Å². The first kappa shape index (κ1) is 10.8. The van der Waals surface area contributed by atoms with E-state index < -0.39 is 5.54 Å². The second-order valence-corrected chi connectivity index (χ2v) is 5.04. The zero-order chi connectivity index (χ0) is 11.9. The Hall–Kier alpha value is -1.32. The monoisotopic (exact) mass is 295 g/mol. The molecule has 0 N–H and O–H groups in total. The highest BCUT2D eigenvalue weighted by atomic mass is 79.9. The number of ether oxygens (including phenoxy) is 2. The summed E-state index contributed by atoms with van der Waals surface area (Å²) in [6, 6.07) is 3.77. The van der Waals surface area contributed by atoms with Gasteiger partial charge in [-0.2, -0.15) is 4.99 Å². The standard InChI is InChI=1S/C12H10BrNO3/c13-8-1-2-9-11(17-6-5-16-9)10(8)12(3-4-12)14-7-15/h1-2H,3-6H2. The van der Waals surface area contributed by atoms with Gasteiger partial charge in [-0.15, -0.1) is 0 Å². The lowest BCUT2D eigenvalue weighted by Gasteiger charge is -2.24. The van der Waals surface area contributed by atoms with Crippen LogP contribution < -0.4 is 9.47 Å². The molecule has 1 heterocycles. The highest BCUT2D eigenvalue weighted by Crippen LogP contribution is 2.56. The van der Waals surface area contributed by atoms with Crippen molar-refractivity contribution in [3.63, 3.8) is 0 Å². The number of hydrogen-bond donors (Lipinski definition) is 0. The summed E-state index contributed by atoms with van der Waals surface area (Å²) in [5, 5.41) is 0. The average molecular weight is 296 g/mol. The molecule has 1 fully saturated rings. The molecule has 4 nitrogen and oxygen atoms in total. The van der Waals surface area contributed by atoms with Gasteiger partial charge in [-0.1, -0.05) is 15.9 Å². The van der Waals surface area contributed by atoms with Crippen LogP contribution in [-0.4, -0.2) is 19.3 Å². The molecule has 1 aliphatic heterocycles. The van der Waals surface area contributed by atoms with Gasteiger partial charge in [-0.3, -0.25) is 0 Å². The van der Waals surface area contributed by atoms with Gasteiger partial charge in [0.15, 0.2) is 11.5 Å². The van der Waals surface area contributed by atoms with Gasteiger partial charge in [0.2, 0.25) is 6.08 Å². The van der Waals surface area contributed by atoms with E-state index in [1.807, 2.05) is 12.1 Å². The van der Waals surface area contributed by atoms with Gasteiger partial charge in [0.25, 0.3) is 0 Å². The summed E-state index contributed by atoms with van der Waals surface area (Å²) < 4.78 is 12.1. The third-order valence-corrected chi connectivity index (χ3v) is 3.77. The van der Waals surface area contributed by atoms with E-state index in [4.69, 9.17) is 9.47 Å². The second-order valence-electron chi connectivity index (χ2n) is 4.18. The van der Waals surface area contributed by atoms with Crippen LogP contribution in [0.3, 0.4) is 0 Å². The van der Waals surface area contributed by atoms with Crippen LogP contribution in [0.15, 0.2) is 21.6 Å². The van der Waals surface area contributed by atoms with Crippen molar-refractivity contribution in [2.45, 2.75) is 18.4 Å². The third kappa shape index (κ3) is 1.66. The molecule has 1 aromatic carbocycles. The van der Waals surface area contributed by atoms with Gasteiger partial charge in [-0.05, 0) is 25.0 Å². The number of aliphatic imine (C=N–C) groups is 1. The summed E-state index contributed by atoms with van der Waals surface area (Å²) in [5.74, 6) is 1.43. The molecule has 1 saturated carbocycles. The number of carbonyl (C=O) groups excluding carboxylic acids is 1. The molecule has 17 heavy (non-hydrogen) atoms. The Morgan fingerprint density at radius 2 is 2.06 bits per heavy atom. The van der Waals surface area contributed by atoms with Crippen molar-refractivity contribution in [2.24, 2.45) is 4.99 Å². The van der Waals surface area contributed by atoms with E-state index in [9.17, 15) is 4.79 Å². The van der Waals surface area contributed by atoms with Gasteiger partial charge in [0.05, 0.1) is 0 Å². The Labute approximate surface area is 107 Å². The molecule has 0 amide bonds. The van der Waals surface area contributed by atoms with E-state index in [1.54, 1.807) is 6.08 Å². The van der Waals surface area contributed by atoms with E-state index in [0.29, 0.717) is 19.0 Å². The molecule has 1 aliphatic carbocycles. The van der Waals surface area contributed by atoms with E-state index in [2.05, 4.69) is 20.9 Å². The fourth-order valence-corrected chi connectivity index (χ4v) is 2.83. The van der Waals surface area contributed by atoms with Crippen LogP contribution in [0.5, 0.6) is 11.5 Å². The summed E-state index contributed by atoms with van der Waals surface area (Å²) in [6.07, 6.45) is 3.36. The number of hydrogen-bond acceptors (Lipinski definition) is 4. The van der Waals surface area contributed by atoms with Crippen molar-refractivity contribution in [3.05, 3.63) is 22.2 Å². The van der Waals surface area contributed by atoms with Gasteiger partial charge >= 0.3 is 0 Å². The predicted molar refractivity (Wildman–Crippen MR) is 64.2 cm³/mol. The smallest absolute Gasteiger partial charge is 0.235 e. The minimum absolute atomic E-state index is 0.452. The molecule has 0 spiro atoms. The fourth-order valence-electron chi connectivity index (χ4n) is 2.15. The molecule has 2 aliphatic rings. The zero-order valence-electron chi connectivity index (χ0n) is 9.03. The molecule has 5 heteroatoms. The molecule has 0 saturated heterocycles. The topological polar surface area (TPSA) is 47.9 Å². The lowest BCUT2D eigenvalue weighted by atomic mass is 10.0. The number of isocyanates is 1. The summed E-state index contributed by atoms with van der Waals surface area (Å²) >= 11 is 3.50. The van der Waals surface area contributed by atoms with Crippen LogP contribution in [0.4, 0.5) is 0 Å². The Balaban J connectivity index is 2.18. The average Bonchev–Trinajstić information content (AvgIpc) is 3.10. The van der Waals surface area contributed by atoms with Crippen LogP contribution in [0, 0.1) is 0 Å². The minimum Gasteiger partial charge on any atom is -0.486 e. The molecule has 88 valence electrons. The lowest BCUT2D eigenvalue weighted by Crippen LogP contribution is -2.19. The molecular weight excluding hydrogens is 286 g/mol. The number of halogens is 1. The zero-order valence-corrected chi connectivity index (χ0v) is 10.6. The van der Waals surface area contributed by atoms with Crippen molar-refractivity contribution >= 4 is 22.0 Å². The van der Waals surface area contributed by atoms with Crippen LogP contribution in [-0.2, 0) is 10.3 Å². The number of nitrogens with zero attached hydrogens (tertiary/aromatic N) is 1. The minimum atomic E-state index is -0.452. The first-order chi connectivity index (χ1) is 8.27. The van der Waals surface area contributed by atoms with Crippen molar-refractivity contribution in [1.82, 2.24) is 0 Å². The van der Waals surface area contributed by atoms with Crippen LogP contribution >= 0.6 is 15.9 Å². The molecule has 3 rings (SSSR count). The maximum atomic E-state index is 10.5. The summed E-state index contributed by atoms with van der Waals surface area (Å²) in [4.78, 5) is 14.5. The molecule has 0 atom stereocenters. The van der Waals surface area contributed by atoms with Gasteiger partial charge in [-0.25, -0.2) is 4.79 Å². The number of fused-ring (bicyclic) bond motifs is 1. The van der Waals surface area contributed by atoms with Crippen molar-refractivity contribution in [2.75, 3.05) is 13.2 Å². The highest BCUT2D eigenvalue weighted by Gasteiger charge is 2.49. The summed E-state index contributed by atoms with van der Waals surface area (Å²) in [5.41, 5.74) is 0.463. The third-order valence-electron chi connectivity index (χ3n) is 3.11. The maximum Gasteiger partial charge on any atom is 0.235 e. The van der Waals surface area contributed by atoms with Crippen LogP contribution in [0.2, 0.25) is 0 Å². The number of rotatable bonds is 2. The normalized spacial score (nSPS) is 19.4. The molecule has 0 aromatic heterocycles. The molecule has 1 aromatic rings. The van der Waals surface area contributed by atoms with E-state index in [0.717, 1.165) is 28.6 Å². The fraction of sp³-hybridized carbons (Fsp3) is 0.417. The highest BCUT2D eigenvalue weighted by molar-refractivity contribution is 9.10. The lowest BCUT2D eigenvalue weighted by molar-refractivity contribution is 0.168. The molecular formula is C12H10BrNO3. The molecule has 0 bridgehead atoms. The maximum absolute atomic E-state index is 10.5. The van der Waals surface area contributed by atoms with Gasteiger partial charge in [0.1, 0.15) is 18.8 Å². The largest absolute Gasteiger partial charge is 0.486 e. The summed E-state index contributed by atoms with van der Waals surface area (Å²) in [7, 11) is 0. The Morgan fingerprint density at radius 1 is 1.29 bits per heavy atom. The van der Waals surface area contributed by atoms with Crippen LogP contribution in [0.25, 0.3) is 0 Å². The van der Waals surface area contributed by atoms with Crippen molar-refractivity contribution in [1.29, 1.82) is 0 Å². The van der Waals surface area contributed by atoms with E-state index in [-0.39, 0.29) is 0 Å². The number of benzene rings is 1. The first-order valence-electron chi connectivity index (χ1n) is 5.44. The van der Waals surface area contributed by atoms with Crippen LogP contribution in [0.1, 0.15) is 18.4 Å². The van der Waals surface area contributed by atoms with Gasteiger partial charge < -0.3 is 9.47 Å². The Bertz CT molecular complexity index is 519. The quantitative estimate of drug-likeness (QED) is 0.622. The van der Waals surface area contributed by atoms with Crippen molar-refractivity contribution in [3.8, 4) is 11.5 Å². The second kappa shape index (κ2) is 3.86.